The molecule has 17 heavy (non-hydrogen) atoms. The van der Waals surface area contributed by atoms with Crippen molar-refractivity contribution in [2.24, 2.45) is 0 Å². The second kappa shape index (κ2) is 4.81. The molecule has 4 heteroatoms. The summed E-state index contributed by atoms with van der Waals surface area (Å²) in [5.74, 6) is -0.140. The third-order valence-electron chi connectivity index (χ3n) is 2.35. The smallest absolute Gasteiger partial charge is 0.256 e. The number of hydrogen-bond acceptors (Lipinski definition) is 3. The number of carbonyl (C=O) groups excluding carboxylic acids is 1. The largest absolute Gasteiger partial charge is 0.322 e. The van der Waals surface area contributed by atoms with Crippen LogP contribution in [0.4, 0.5) is 5.69 Å². The Labute approximate surface area is 103 Å². The van der Waals surface area contributed by atoms with Crippen LogP contribution in [0.15, 0.2) is 35.0 Å². The molecular formula is C13H10N2OS. The zero-order valence-corrected chi connectivity index (χ0v) is 10.0. The highest BCUT2D eigenvalue weighted by Gasteiger charge is 2.09. The van der Waals surface area contributed by atoms with Crippen molar-refractivity contribution in [1.82, 2.24) is 0 Å². The molecule has 0 bridgehead atoms. The quantitative estimate of drug-likeness (QED) is 0.879. The van der Waals surface area contributed by atoms with Crippen LogP contribution in [0.3, 0.4) is 0 Å². The van der Waals surface area contributed by atoms with Crippen molar-refractivity contribution in [3.8, 4) is 6.07 Å². The van der Waals surface area contributed by atoms with E-state index in [2.05, 4.69) is 5.32 Å². The fourth-order valence-corrected chi connectivity index (χ4v) is 2.29. The predicted octanol–water partition coefficient (Wildman–Crippen LogP) is 3.18. The van der Waals surface area contributed by atoms with E-state index in [0.717, 1.165) is 5.56 Å². The van der Waals surface area contributed by atoms with Gasteiger partial charge in [-0.3, -0.25) is 4.79 Å². The molecule has 0 aliphatic carbocycles. The Hall–Kier alpha value is -2.12. The highest BCUT2D eigenvalue weighted by atomic mass is 32.1. The Morgan fingerprint density at radius 2 is 2.24 bits per heavy atom. The average Bonchev–Trinajstić information content (AvgIpc) is 2.76. The van der Waals surface area contributed by atoms with Gasteiger partial charge in [0.25, 0.3) is 5.91 Å². The number of anilines is 1. The van der Waals surface area contributed by atoms with Crippen LogP contribution in [-0.4, -0.2) is 5.91 Å². The molecule has 1 aromatic carbocycles. The number of rotatable bonds is 2. The van der Waals surface area contributed by atoms with Crippen molar-refractivity contribution in [1.29, 1.82) is 5.26 Å². The summed E-state index contributed by atoms with van der Waals surface area (Å²) in [6.45, 7) is 1.90. The van der Waals surface area contributed by atoms with Crippen LogP contribution < -0.4 is 5.32 Å². The number of nitriles is 1. The van der Waals surface area contributed by atoms with Crippen molar-refractivity contribution in [2.45, 2.75) is 6.92 Å². The number of carbonyl (C=O) groups is 1. The van der Waals surface area contributed by atoms with Crippen LogP contribution in [-0.2, 0) is 0 Å². The van der Waals surface area contributed by atoms with Crippen molar-refractivity contribution in [3.63, 3.8) is 0 Å². The molecular weight excluding hydrogens is 232 g/mol. The van der Waals surface area contributed by atoms with Crippen LogP contribution in [0.1, 0.15) is 21.5 Å². The van der Waals surface area contributed by atoms with E-state index in [1.165, 1.54) is 11.3 Å². The minimum absolute atomic E-state index is 0.140. The zero-order chi connectivity index (χ0) is 12.3. The van der Waals surface area contributed by atoms with E-state index in [9.17, 15) is 4.79 Å². The van der Waals surface area contributed by atoms with Crippen molar-refractivity contribution in [3.05, 3.63) is 51.7 Å². The number of hydrogen-bond donors (Lipinski definition) is 1. The molecule has 3 nitrogen and oxygen atoms in total. The van der Waals surface area contributed by atoms with E-state index >= 15 is 0 Å². The van der Waals surface area contributed by atoms with Gasteiger partial charge < -0.3 is 5.32 Å². The van der Waals surface area contributed by atoms with Crippen LogP contribution in [0.25, 0.3) is 0 Å². The number of aryl methyl sites for hydroxylation is 1. The molecule has 1 amide bonds. The van der Waals surface area contributed by atoms with E-state index in [1.54, 1.807) is 24.3 Å². The normalized spacial score (nSPS) is 9.65. The first-order valence-corrected chi connectivity index (χ1v) is 5.99. The summed E-state index contributed by atoms with van der Waals surface area (Å²) in [6.07, 6.45) is 0. The molecule has 0 saturated heterocycles. The third-order valence-corrected chi connectivity index (χ3v) is 3.21. The zero-order valence-electron chi connectivity index (χ0n) is 9.23. The number of nitrogens with zero attached hydrogens (tertiary/aromatic N) is 1. The Morgan fingerprint density at radius 3 is 2.88 bits per heavy atom. The summed E-state index contributed by atoms with van der Waals surface area (Å²) < 4.78 is 0. The molecule has 2 aromatic rings. The minimum atomic E-state index is -0.140. The van der Waals surface area contributed by atoms with Gasteiger partial charge in [0.05, 0.1) is 17.2 Å². The highest BCUT2D eigenvalue weighted by Crippen LogP contribution is 2.16. The molecule has 0 aliphatic rings. The van der Waals surface area contributed by atoms with Crippen molar-refractivity contribution >= 4 is 22.9 Å². The van der Waals surface area contributed by atoms with Gasteiger partial charge in [0.1, 0.15) is 0 Å². The first-order chi connectivity index (χ1) is 8.20. The molecule has 0 aliphatic heterocycles. The molecule has 1 N–H and O–H groups in total. The number of amides is 1. The molecule has 84 valence electrons. The molecule has 0 unspecified atom stereocenters. The van der Waals surface area contributed by atoms with Crippen LogP contribution in [0.5, 0.6) is 0 Å². The second-order valence-electron chi connectivity index (χ2n) is 3.62. The predicted molar refractivity (Wildman–Crippen MR) is 68.2 cm³/mol. The maximum atomic E-state index is 11.9. The lowest BCUT2D eigenvalue weighted by molar-refractivity contribution is 0.102. The lowest BCUT2D eigenvalue weighted by Crippen LogP contribution is -2.12. The Morgan fingerprint density at radius 1 is 1.41 bits per heavy atom. The summed E-state index contributed by atoms with van der Waals surface area (Å²) in [4.78, 5) is 11.9. The lowest BCUT2D eigenvalue weighted by Gasteiger charge is -2.04. The fourth-order valence-electron chi connectivity index (χ4n) is 1.46. The van der Waals surface area contributed by atoms with E-state index in [-0.39, 0.29) is 5.91 Å². The van der Waals surface area contributed by atoms with Gasteiger partial charge in [-0.25, -0.2) is 0 Å². The first-order valence-electron chi connectivity index (χ1n) is 5.05. The van der Waals surface area contributed by atoms with E-state index in [0.29, 0.717) is 16.8 Å². The summed E-state index contributed by atoms with van der Waals surface area (Å²) in [5, 5.41) is 15.3. The van der Waals surface area contributed by atoms with Gasteiger partial charge in [0.15, 0.2) is 0 Å². The lowest BCUT2D eigenvalue weighted by atomic mass is 10.2. The van der Waals surface area contributed by atoms with Crippen molar-refractivity contribution < 1.29 is 4.79 Å². The number of thiophene rings is 1. The van der Waals surface area contributed by atoms with Gasteiger partial charge in [0.2, 0.25) is 0 Å². The maximum Gasteiger partial charge on any atom is 0.256 e. The van der Waals surface area contributed by atoms with Gasteiger partial charge in [-0.15, -0.1) is 0 Å². The van der Waals surface area contributed by atoms with E-state index < -0.39 is 0 Å². The summed E-state index contributed by atoms with van der Waals surface area (Å²) >= 11 is 1.50. The molecule has 0 spiro atoms. The molecule has 1 aromatic heterocycles. The minimum Gasteiger partial charge on any atom is -0.322 e. The number of benzene rings is 1. The number of nitrogens with one attached hydrogen (secondary N) is 1. The van der Waals surface area contributed by atoms with Gasteiger partial charge in [0, 0.05) is 11.1 Å². The molecule has 0 saturated carbocycles. The molecule has 2 rings (SSSR count). The average molecular weight is 242 g/mol. The van der Waals surface area contributed by atoms with Gasteiger partial charge >= 0.3 is 0 Å². The standard InChI is InChI=1S/C13H10N2OS/c1-9-7-17-8-12(9)13(16)15-11-4-2-3-10(5-11)6-14/h2-5,7-8H,1H3,(H,15,16). The van der Waals surface area contributed by atoms with Crippen LogP contribution >= 0.6 is 11.3 Å². The van der Waals surface area contributed by atoms with E-state index in [1.807, 2.05) is 23.8 Å². The Balaban J connectivity index is 2.19. The topological polar surface area (TPSA) is 52.9 Å². The van der Waals surface area contributed by atoms with E-state index in [4.69, 9.17) is 5.26 Å². The van der Waals surface area contributed by atoms with Gasteiger partial charge in [-0.1, -0.05) is 6.07 Å². The monoisotopic (exact) mass is 242 g/mol. The van der Waals surface area contributed by atoms with Crippen molar-refractivity contribution in [2.75, 3.05) is 5.32 Å². The summed E-state index contributed by atoms with van der Waals surface area (Å²) in [5.41, 5.74) is 2.81. The van der Waals surface area contributed by atoms with Crippen LogP contribution in [0.2, 0.25) is 0 Å². The second-order valence-corrected chi connectivity index (χ2v) is 4.36. The Bertz CT molecular complexity index is 595. The van der Waals surface area contributed by atoms with Gasteiger partial charge in [-0.2, -0.15) is 16.6 Å². The fraction of sp³-hybridized carbons (Fsp3) is 0.0769. The molecule has 0 radical (unpaired) electrons. The first kappa shape index (κ1) is 11.4. The third kappa shape index (κ3) is 2.52. The van der Waals surface area contributed by atoms with Gasteiger partial charge in [-0.05, 0) is 36.1 Å². The maximum absolute atomic E-state index is 11.9. The van der Waals surface area contributed by atoms with Crippen LogP contribution in [0, 0.1) is 18.3 Å². The molecule has 1 heterocycles. The summed E-state index contributed by atoms with van der Waals surface area (Å²) in [6, 6.07) is 8.90. The molecule has 0 atom stereocenters. The summed E-state index contributed by atoms with van der Waals surface area (Å²) in [7, 11) is 0. The molecule has 0 fully saturated rings. The SMILES string of the molecule is Cc1cscc1C(=O)Nc1cccc(C#N)c1. The highest BCUT2D eigenvalue weighted by molar-refractivity contribution is 7.08. The Kier molecular flexibility index (Phi) is 3.22.